The molecule has 3 rings (SSSR count). The zero-order chi connectivity index (χ0) is 23.0. The van der Waals surface area contributed by atoms with Gasteiger partial charge in [0.2, 0.25) is 0 Å². The number of carbonyl (C=O) groups excluding carboxylic acids is 2. The zero-order valence-corrected chi connectivity index (χ0v) is 19.1. The van der Waals surface area contributed by atoms with Gasteiger partial charge < -0.3 is 24.4 Å². The monoisotopic (exact) mass is 440 g/mol. The summed E-state index contributed by atoms with van der Waals surface area (Å²) >= 11 is 0. The number of piperidine rings is 1. The molecule has 7 heteroatoms. The molecule has 7 nitrogen and oxygen atoms in total. The molecule has 0 amide bonds. The van der Waals surface area contributed by atoms with Crippen LogP contribution in [-0.4, -0.2) is 62.8 Å². The number of para-hydroxylation sites is 1. The minimum atomic E-state index is -0.885. The Morgan fingerprint density at radius 1 is 1.06 bits per heavy atom. The van der Waals surface area contributed by atoms with Crippen molar-refractivity contribution in [2.45, 2.75) is 31.7 Å². The molecule has 0 aromatic heterocycles. The lowest BCUT2D eigenvalue weighted by atomic mass is 9.86. The van der Waals surface area contributed by atoms with Crippen LogP contribution in [0.2, 0.25) is 0 Å². The highest BCUT2D eigenvalue weighted by Crippen LogP contribution is 2.30. The van der Waals surface area contributed by atoms with Gasteiger partial charge in [0.1, 0.15) is 11.3 Å². The minimum absolute atomic E-state index is 0.289. The number of nitrogens with one attached hydrogen (secondary N) is 1. The molecule has 0 atom stereocenters. The lowest BCUT2D eigenvalue weighted by Crippen LogP contribution is -2.55. The number of hydrogen-bond donors (Lipinski definition) is 1. The number of anilines is 1. The van der Waals surface area contributed by atoms with Gasteiger partial charge in [0.25, 0.3) is 0 Å². The Morgan fingerprint density at radius 2 is 1.81 bits per heavy atom. The summed E-state index contributed by atoms with van der Waals surface area (Å²) < 4.78 is 15.6. The third kappa shape index (κ3) is 5.59. The number of rotatable bonds is 9. The van der Waals surface area contributed by atoms with Crippen molar-refractivity contribution < 1.29 is 23.8 Å². The molecule has 1 fully saturated rings. The molecule has 0 unspecified atom stereocenters. The van der Waals surface area contributed by atoms with Crippen molar-refractivity contribution in [3.8, 4) is 5.75 Å². The van der Waals surface area contributed by atoms with Crippen LogP contribution >= 0.6 is 0 Å². The smallest absolute Gasteiger partial charge is 0.340 e. The maximum Gasteiger partial charge on any atom is 0.340 e. The van der Waals surface area contributed by atoms with Crippen molar-refractivity contribution in [2.24, 2.45) is 0 Å². The van der Waals surface area contributed by atoms with Gasteiger partial charge in [-0.05, 0) is 56.0 Å². The Balaban J connectivity index is 1.68. The van der Waals surface area contributed by atoms with Crippen molar-refractivity contribution in [2.75, 3.05) is 45.8 Å². The molecule has 172 valence electrons. The maximum atomic E-state index is 12.8. The second kappa shape index (κ2) is 11.0. The fourth-order valence-corrected chi connectivity index (χ4v) is 4.09. The van der Waals surface area contributed by atoms with E-state index in [1.165, 1.54) is 12.7 Å². The van der Waals surface area contributed by atoms with E-state index in [1.807, 2.05) is 18.2 Å². The summed E-state index contributed by atoms with van der Waals surface area (Å²) in [4.78, 5) is 27.5. The van der Waals surface area contributed by atoms with E-state index < -0.39 is 11.5 Å². The second-order valence-corrected chi connectivity index (χ2v) is 7.91. The summed E-state index contributed by atoms with van der Waals surface area (Å²) in [5.41, 5.74) is 1.33. The Hall–Kier alpha value is -3.06. The van der Waals surface area contributed by atoms with Crippen LogP contribution in [-0.2, 0) is 20.7 Å². The Morgan fingerprint density at radius 3 is 2.50 bits per heavy atom. The van der Waals surface area contributed by atoms with Gasteiger partial charge in [-0.1, -0.05) is 24.3 Å². The van der Waals surface area contributed by atoms with Crippen molar-refractivity contribution in [1.29, 1.82) is 0 Å². The number of carbonyl (C=O) groups is 2. The average Bonchev–Trinajstić information content (AvgIpc) is 2.83. The Kier molecular flexibility index (Phi) is 8.11. The fraction of sp³-hybridized carbons (Fsp3) is 0.440. The number of likely N-dealkylation sites (tertiary alicyclic amines) is 1. The third-order valence-corrected chi connectivity index (χ3v) is 5.93. The van der Waals surface area contributed by atoms with Crippen molar-refractivity contribution in [3.63, 3.8) is 0 Å². The lowest BCUT2D eigenvalue weighted by Gasteiger charge is -2.41. The van der Waals surface area contributed by atoms with Crippen LogP contribution in [0.1, 0.15) is 35.7 Å². The highest BCUT2D eigenvalue weighted by Gasteiger charge is 2.43. The summed E-state index contributed by atoms with van der Waals surface area (Å²) in [6, 6.07) is 15.2. The number of benzene rings is 2. The van der Waals surface area contributed by atoms with Crippen LogP contribution in [0.3, 0.4) is 0 Å². The van der Waals surface area contributed by atoms with E-state index in [0.29, 0.717) is 24.1 Å². The number of esters is 2. The molecule has 0 saturated carbocycles. The molecule has 0 aliphatic carbocycles. The highest BCUT2D eigenvalue weighted by molar-refractivity contribution is 5.97. The van der Waals surface area contributed by atoms with Gasteiger partial charge >= 0.3 is 11.9 Å². The van der Waals surface area contributed by atoms with E-state index >= 15 is 0 Å². The van der Waals surface area contributed by atoms with Crippen LogP contribution in [0.5, 0.6) is 5.75 Å². The predicted octanol–water partition coefficient (Wildman–Crippen LogP) is 3.53. The van der Waals surface area contributed by atoms with Crippen LogP contribution in [0.25, 0.3) is 0 Å². The van der Waals surface area contributed by atoms with Gasteiger partial charge in [0.15, 0.2) is 0 Å². The number of nitrogens with zero attached hydrogens (tertiary/aromatic N) is 1. The fourth-order valence-electron chi connectivity index (χ4n) is 4.09. The van der Waals surface area contributed by atoms with E-state index in [9.17, 15) is 9.59 Å². The van der Waals surface area contributed by atoms with Gasteiger partial charge in [-0.2, -0.15) is 0 Å². The van der Waals surface area contributed by atoms with Crippen molar-refractivity contribution >= 4 is 17.6 Å². The topological polar surface area (TPSA) is 77.1 Å². The highest BCUT2D eigenvalue weighted by atomic mass is 16.5. The van der Waals surface area contributed by atoms with E-state index in [2.05, 4.69) is 22.3 Å². The first-order valence-electron chi connectivity index (χ1n) is 11.0. The van der Waals surface area contributed by atoms with Gasteiger partial charge in [0, 0.05) is 25.3 Å². The first-order valence-corrected chi connectivity index (χ1v) is 11.0. The summed E-state index contributed by atoms with van der Waals surface area (Å²) in [5, 5.41) is 3.34. The SMILES string of the molecule is CCOC(=O)c1ccccc1NC1(C(=O)OC)CCN(CCc2cccc(OC)c2)CC1. The number of methoxy groups -OCH3 is 2. The second-order valence-electron chi connectivity index (χ2n) is 7.91. The summed E-state index contributed by atoms with van der Waals surface area (Å²) in [5.74, 6) is 0.130. The lowest BCUT2D eigenvalue weighted by molar-refractivity contribution is -0.147. The molecular weight excluding hydrogens is 408 g/mol. The van der Waals surface area contributed by atoms with Crippen LogP contribution in [0.15, 0.2) is 48.5 Å². The standard InChI is InChI=1S/C25H32N2O5/c1-4-32-23(28)21-10-5-6-11-22(21)26-25(24(29)31-3)13-16-27(17-14-25)15-12-19-8-7-9-20(18-19)30-2/h5-11,18,26H,4,12-17H2,1-3H3. The molecule has 2 aromatic carbocycles. The molecule has 1 saturated heterocycles. The van der Waals surface area contributed by atoms with E-state index in [4.69, 9.17) is 14.2 Å². The van der Waals surface area contributed by atoms with Crippen LogP contribution < -0.4 is 10.1 Å². The summed E-state index contributed by atoms with van der Waals surface area (Å²) in [6.07, 6.45) is 2.06. The molecule has 1 aliphatic rings. The summed E-state index contributed by atoms with van der Waals surface area (Å²) in [7, 11) is 3.07. The molecule has 32 heavy (non-hydrogen) atoms. The molecule has 0 bridgehead atoms. The van der Waals surface area contributed by atoms with Gasteiger partial charge in [-0.3, -0.25) is 0 Å². The first-order chi connectivity index (χ1) is 15.5. The van der Waals surface area contributed by atoms with Gasteiger partial charge in [0.05, 0.1) is 26.4 Å². The molecule has 1 N–H and O–H groups in total. The predicted molar refractivity (Wildman–Crippen MR) is 123 cm³/mol. The molecule has 1 heterocycles. The number of ether oxygens (including phenoxy) is 3. The molecule has 2 aromatic rings. The van der Waals surface area contributed by atoms with Crippen LogP contribution in [0, 0.1) is 0 Å². The maximum absolute atomic E-state index is 12.8. The Labute approximate surface area is 189 Å². The zero-order valence-electron chi connectivity index (χ0n) is 19.1. The largest absolute Gasteiger partial charge is 0.497 e. The Bertz CT molecular complexity index is 922. The number of hydrogen-bond acceptors (Lipinski definition) is 7. The summed E-state index contributed by atoms with van der Waals surface area (Å²) in [6.45, 7) is 4.44. The van der Waals surface area contributed by atoms with Gasteiger partial charge in [-0.15, -0.1) is 0 Å². The molecule has 1 aliphatic heterocycles. The quantitative estimate of drug-likeness (QED) is 0.598. The minimum Gasteiger partial charge on any atom is -0.497 e. The molecule has 0 spiro atoms. The van der Waals surface area contributed by atoms with Crippen LogP contribution in [0.4, 0.5) is 5.69 Å². The normalized spacial score (nSPS) is 15.6. The van der Waals surface area contributed by atoms with Crippen molar-refractivity contribution in [3.05, 3.63) is 59.7 Å². The van der Waals surface area contributed by atoms with Gasteiger partial charge in [-0.25, -0.2) is 9.59 Å². The van der Waals surface area contributed by atoms with E-state index in [1.54, 1.807) is 32.2 Å². The first kappa shape index (κ1) is 23.6. The molecule has 0 radical (unpaired) electrons. The molecular formula is C25H32N2O5. The van der Waals surface area contributed by atoms with E-state index in [0.717, 1.165) is 31.8 Å². The third-order valence-electron chi connectivity index (χ3n) is 5.93. The van der Waals surface area contributed by atoms with E-state index in [-0.39, 0.29) is 12.6 Å². The average molecular weight is 441 g/mol. The van der Waals surface area contributed by atoms with Crippen molar-refractivity contribution in [1.82, 2.24) is 4.90 Å².